The molecule has 0 heterocycles. The van der Waals surface area contributed by atoms with Crippen LogP contribution in [0, 0.1) is 20.8 Å². The Bertz CT molecular complexity index is 1210. The summed E-state index contributed by atoms with van der Waals surface area (Å²) in [6.07, 6.45) is 6.79. The van der Waals surface area contributed by atoms with Crippen molar-refractivity contribution in [3.05, 3.63) is 64.7 Å². The Morgan fingerprint density at radius 2 is 1.65 bits per heavy atom. The fourth-order valence-electron chi connectivity index (χ4n) is 4.93. The summed E-state index contributed by atoms with van der Waals surface area (Å²) in [6.45, 7) is 7.58. The van der Waals surface area contributed by atoms with Crippen LogP contribution in [0.25, 0.3) is 0 Å². The Hall–Kier alpha value is -2.87. The van der Waals surface area contributed by atoms with Gasteiger partial charge in [0, 0.05) is 12.6 Å². The van der Waals surface area contributed by atoms with Gasteiger partial charge in [-0.25, -0.2) is 8.42 Å². The highest BCUT2D eigenvalue weighted by Crippen LogP contribution is 2.23. The van der Waals surface area contributed by atoms with Crippen molar-refractivity contribution in [1.29, 1.82) is 0 Å². The van der Waals surface area contributed by atoms with E-state index < -0.39 is 22.0 Å². The number of rotatable bonds is 10. The molecule has 8 heteroatoms. The normalized spacial score (nSPS) is 15.2. The van der Waals surface area contributed by atoms with E-state index in [9.17, 15) is 18.0 Å². The standard InChI is InChI=1S/C29H41N3O4S/c1-6-27(29(34)30-25-14-8-7-9-15-25)31(19-24-13-11-10-12-22(24)3)28(33)20-32(37(5,35)36)26-17-16-21(2)23(4)18-26/h10-13,16-18,25,27H,6-9,14-15,19-20H2,1-5H3,(H,30,34). The molecule has 0 radical (unpaired) electrons. The van der Waals surface area contributed by atoms with Crippen molar-refractivity contribution in [3.63, 3.8) is 0 Å². The maximum absolute atomic E-state index is 13.9. The molecule has 0 spiro atoms. The van der Waals surface area contributed by atoms with E-state index in [0.717, 1.165) is 58.5 Å². The van der Waals surface area contributed by atoms with Gasteiger partial charge in [0.1, 0.15) is 12.6 Å². The van der Waals surface area contributed by atoms with Gasteiger partial charge in [0.2, 0.25) is 21.8 Å². The molecule has 0 bridgehead atoms. The van der Waals surface area contributed by atoms with Crippen LogP contribution in [-0.2, 0) is 26.2 Å². The minimum Gasteiger partial charge on any atom is -0.352 e. The van der Waals surface area contributed by atoms with Crippen LogP contribution in [0.1, 0.15) is 67.7 Å². The van der Waals surface area contributed by atoms with Crippen LogP contribution in [0.4, 0.5) is 5.69 Å². The van der Waals surface area contributed by atoms with Gasteiger partial charge in [-0.05, 0) is 74.4 Å². The van der Waals surface area contributed by atoms with Gasteiger partial charge < -0.3 is 10.2 Å². The first-order valence-corrected chi connectivity index (χ1v) is 15.1. The number of nitrogens with one attached hydrogen (secondary N) is 1. The van der Waals surface area contributed by atoms with E-state index >= 15 is 0 Å². The van der Waals surface area contributed by atoms with E-state index in [1.165, 1.54) is 6.42 Å². The molecule has 1 fully saturated rings. The first kappa shape index (κ1) is 28.7. The number of hydrogen-bond donors (Lipinski definition) is 1. The Balaban J connectivity index is 1.93. The molecule has 1 saturated carbocycles. The average molecular weight is 528 g/mol. The molecule has 1 aliphatic carbocycles. The molecule has 0 aromatic heterocycles. The van der Waals surface area contributed by atoms with Crippen molar-refractivity contribution >= 4 is 27.5 Å². The second-order valence-corrected chi connectivity index (χ2v) is 12.2. The van der Waals surface area contributed by atoms with Crippen molar-refractivity contribution in [2.24, 2.45) is 0 Å². The number of carbonyl (C=O) groups is 2. The van der Waals surface area contributed by atoms with Crippen LogP contribution in [0.15, 0.2) is 42.5 Å². The summed E-state index contributed by atoms with van der Waals surface area (Å²) >= 11 is 0. The zero-order chi connectivity index (χ0) is 27.2. The lowest BCUT2D eigenvalue weighted by Crippen LogP contribution is -2.54. The topological polar surface area (TPSA) is 86.8 Å². The molecule has 37 heavy (non-hydrogen) atoms. The predicted molar refractivity (Wildman–Crippen MR) is 149 cm³/mol. The second kappa shape index (κ2) is 12.6. The minimum atomic E-state index is -3.75. The molecule has 1 aliphatic rings. The minimum absolute atomic E-state index is 0.119. The highest BCUT2D eigenvalue weighted by Gasteiger charge is 2.33. The van der Waals surface area contributed by atoms with Crippen LogP contribution in [0.5, 0.6) is 0 Å². The largest absolute Gasteiger partial charge is 0.352 e. The maximum Gasteiger partial charge on any atom is 0.244 e. The van der Waals surface area contributed by atoms with Crippen LogP contribution in [0.3, 0.4) is 0 Å². The molecular weight excluding hydrogens is 486 g/mol. The Kier molecular flexibility index (Phi) is 9.76. The summed E-state index contributed by atoms with van der Waals surface area (Å²) < 4.78 is 26.8. The summed E-state index contributed by atoms with van der Waals surface area (Å²) in [5, 5.41) is 3.17. The van der Waals surface area contributed by atoms with Gasteiger partial charge in [-0.3, -0.25) is 13.9 Å². The summed E-state index contributed by atoms with van der Waals surface area (Å²) in [5.74, 6) is -0.578. The van der Waals surface area contributed by atoms with E-state index in [1.54, 1.807) is 17.0 Å². The highest BCUT2D eigenvalue weighted by molar-refractivity contribution is 7.92. The molecule has 0 aliphatic heterocycles. The van der Waals surface area contributed by atoms with Gasteiger partial charge in [-0.15, -0.1) is 0 Å². The summed E-state index contributed by atoms with van der Waals surface area (Å²) in [4.78, 5) is 28.9. The molecular formula is C29H41N3O4S. The number of amides is 2. The number of anilines is 1. The third-order valence-electron chi connectivity index (χ3n) is 7.40. The number of carbonyl (C=O) groups excluding carboxylic acids is 2. The number of benzene rings is 2. The monoisotopic (exact) mass is 527 g/mol. The molecule has 0 saturated heterocycles. The lowest BCUT2D eigenvalue weighted by molar-refractivity contribution is -0.140. The van der Waals surface area contributed by atoms with Crippen LogP contribution in [0.2, 0.25) is 0 Å². The van der Waals surface area contributed by atoms with Crippen LogP contribution < -0.4 is 9.62 Å². The second-order valence-electron chi connectivity index (χ2n) is 10.3. The smallest absolute Gasteiger partial charge is 0.244 e. The highest BCUT2D eigenvalue weighted by atomic mass is 32.2. The van der Waals surface area contributed by atoms with Crippen molar-refractivity contribution in [2.75, 3.05) is 17.1 Å². The molecule has 2 aromatic carbocycles. The van der Waals surface area contributed by atoms with Crippen molar-refractivity contribution in [3.8, 4) is 0 Å². The molecule has 1 N–H and O–H groups in total. The van der Waals surface area contributed by atoms with Crippen molar-refractivity contribution in [1.82, 2.24) is 10.2 Å². The Morgan fingerprint density at radius 1 is 0.973 bits per heavy atom. The van der Waals surface area contributed by atoms with Crippen molar-refractivity contribution in [2.45, 2.75) is 84.8 Å². The lowest BCUT2D eigenvalue weighted by Gasteiger charge is -2.34. The van der Waals surface area contributed by atoms with Crippen LogP contribution in [-0.4, -0.2) is 50.0 Å². The number of hydrogen-bond acceptors (Lipinski definition) is 4. The SMILES string of the molecule is CCC(C(=O)NC1CCCCC1)N(Cc1ccccc1C)C(=O)CN(c1ccc(C)c(C)c1)S(C)(=O)=O. The molecule has 7 nitrogen and oxygen atoms in total. The third-order valence-corrected chi connectivity index (χ3v) is 8.54. The first-order chi connectivity index (χ1) is 17.5. The summed E-state index contributed by atoms with van der Waals surface area (Å²) in [5.41, 5.74) is 4.35. The van der Waals surface area contributed by atoms with Gasteiger partial charge in [0.05, 0.1) is 11.9 Å². The van der Waals surface area contributed by atoms with E-state index in [1.807, 2.05) is 58.0 Å². The van der Waals surface area contributed by atoms with Gasteiger partial charge in [0.15, 0.2) is 0 Å². The number of sulfonamides is 1. The van der Waals surface area contributed by atoms with E-state index in [-0.39, 0.29) is 25.0 Å². The van der Waals surface area contributed by atoms with Gasteiger partial charge in [0.25, 0.3) is 0 Å². The lowest BCUT2D eigenvalue weighted by atomic mass is 9.95. The quantitative estimate of drug-likeness (QED) is 0.488. The van der Waals surface area contributed by atoms with Gasteiger partial charge >= 0.3 is 0 Å². The number of aryl methyl sites for hydroxylation is 3. The fourth-order valence-corrected chi connectivity index (χ4v) is 5.77. The first-order valence-electron chi connectivity index (χ1n) is 13.2. The maximum atomic E-state index is 13.9. The van der Waals surface area contributed by atoms with Gasteiger partial charge in [-0.2, -0.15) is 0 Å². The Morgan fingerprint density at radius 3 is 2.24 bits per heavy atom. The van der Waals surface area contributed by atoms with Gasteiger partial charge in [-0.1, -0.05) is 56.5 Å². The van der Waals surface area contributed by atoms with E-state index in [2.05, 4.69) is 5.32 Å². The molecule has 2 aromatic rings. The fraction of sp³-hybridized carbons (Fsp3) is 0.517. The summed E-state index contributed by atoms with van der Waals surface area (Å²) in [6, 6.07) is 12.5. The Labute approximate surface area is 222 Å². The molecule has 1 unspecified atom stereocenters. The zero-order valence-electron chi connectivity index (χ0n) is 22.8. The zero-order valence-corrected chi connectivity index (χ0v) is 23.6. The predicted octanol–water partition coefficient (Wildman–Crippen LogP) is 4.63. The molecule has 202 valence electrons. The molecule has 2 amide bonds. The van der Waals surface area contributed by atoms with E-state index in [0.29, 0.717) is 12.1 Å². The third kappa shape index (κ3) is 7.57. The van der Waals surface area contributed by atoms with Crippen LogP contribution >= 0.6 is 0 Å². The van der Waals surface area contributed by atoms with E-state index in [4.69, 9.17) is 0 Å². The summed E-state index contributed by atoms with van der Waals surface area (Å²) in [7, 11) is -3.75. The average Bonchev–Trinajstić information content (AvgIpc) is 2.85. The molecule has 3 rings (SSSR count). The molecule has 1 atom stereocenters. The number of nitrogens with zero attached hydrogens (tertiary/aromatic N) is 2. The van der Waals surface area contributed by atoms with Crippen molar-refractivity contribution < 1.29 is 18.0 Å².